The molecule has 0 amide bonds. The molecule has 0 spiro atoms. The molecule has 6 heteroatoms. The van der Waals surface area contributed by atoms with Crippen molar-refractivity contribution in [3.8, 4) is 0 Å². The highest BCUT2D eigenvalue weighted by Crippen LogP contribution is 2.18. The summed E-state index contributed by atoms with van der Waals surface area (Å²) < 4.78 is 0. The van der Waals surface area contributed by atoms with Gasteiger partial charge in [-0.3, -0.25) is 4.99 Å². The summed E-state index contributed by atoms with van der Waals surface area (Å²) in [6.45, 7) is 8.00. The van der Waals surface area contributed by atoms with Gasteiger partial charge in [-0.25, -0.2) is 4.98 Å². The van der Waals surface area contributed by atoms with Crippen LogP contribution >= 0.6 is 35.3 Å². The minimum atomic E-state index is 0. The lowest BCUT2D eigenvalue weighted by atomic mass is 10.2. The van der Waals surface area contributed by atoms with Gasteiger partial charge >= 0.3 is 0 Å². The summed E-state index contributed by atoms with van der Waals surface area (Å²) in [6.07, 6.45) is 6.22. The highest BCUT2D eigenvalue weighted by molar-refractivity contribution is 14.0. The molecular weight excluding hydrogens is 395 g/mol. The van der Waals surface area contributed by atoms with Gasteiger partial charge in [0, 0.05) is 30.4 Å². The normalized spacial score (nSPS) is 15.9. The van der Waals surface area contributed by atoms with E-state index in [1.165, 1.54) is 30.6 Å². The highest BCUT2D eigenvalue weighted by Gasteiger charge is 2.15. The Morgan fingerprint density at radius 1 is 1.33 bits per heavy atom. The molecule has 2 rings (SSSR count). The first-order chi connectivity index (χ1) is 9.69. The summed E-state index contributed by atoms with van der Waals surface area (Å²) in [6, 6.07) is 0.611. The Balaban J connectivity index is 0.00000220. The first-order valence-electron chi connectivity index (χ1n) is 7.66. The molecule has 1 aromatic rings. The van der Waals surface area contributed by atoms with E-state index in [2.05, 4.69) is 36.4 Å². The largest absolute Gasteiger partial charge is 0.357 e. The number of hydrogen-bond donors (Lipinski definition) is 2. The molecule has 0 atom stereocenters. The number of rotatable bonds is 5. The number of nitrogens with zero attached hydrogens (tertiary/aromatic N) is 2. The van der Waals surface area contributed by atoms with E-state index < -0.39 is 0 Å². The van der Waals surface area contributed by atoms with Gasteiger partial charge in [0.05, 0.1) is 10.7 Å². The van der Waals surface area contributed by atoms with Crippen LogP contribution in [-0.4, -0.2) is 30.1 Å². The number of aromatic nitrogens is 1. The third-order valence-electron chi connectivity index (χ3n) is 3.65. The molecule has 0 radical (unpaired) electrons. The van der Waals surface area contributed by atoms with Crippen LogP contribution in [0.15, 0.2) is 4.99 Å². The van der Waals surface area contributed by atoms with E-state index in [0.29, 0.717) is 6.04 Å². The van der Waals surface area contributed by atoms with Gasteiger partial charge in [-0.15, -0.1) is 35.3 Å². The van der Waals surface area contributed by atoms with Gasteiger partial charge in [0.25, 0.3) is 0 Å². The first kappa shape index (κ1) is 18.7. The van der Waals surface area contributed by atoms with E-state index in [4.69, 9.17) is 4.99 Å². The fourth-order valence-electron chi connectivity index (χ4n) is 2.66. The predicted octanol–water partition coefficient (Wildman–Crippen LogP) is 3.42. The average molecular weight is 422 g/mol. The molecule has 0 aromatic carbocycles. The van der Waals surface area contributed by atoms with Crippen LogP contribution in [0.25, 0.3) is 0 Å². The van der Waals surface area contributed by atoms with Crippen molar-refractivity contribution in [2.75, 3.05) is 13.1 Å². The van der Waals surface area contributed by atoms with Crippen LogP contribution < -0.4 is 10.6 Å². The average Bonchev–Trinajstić information content (AvgIpc) is 3.00. The molecule has 1 heterocycles. The SMILES string of the molecule is CCNC(=NCCc1sc(C)nc1C)NC1CCCC1.I. The standard InChI is InChI=1S/C15H26N4S.HI/c1-4-16-15(19-13-7-5-6-8-13)17-10-9-14-11(2)18-12(3)20-14;/h13H,4-10H2,1-3H3,(H2,16,17,19);1H. The maximum atomic E-state index is 4.70. The molecule has 1 fully saturated rings. The van der Waals surface area contributed by atoms with Gasteiger partial charge in [0.2, 0.25) is 0 Å². The molecule has 0 bridgehead atoms. The lowest BCUT2D eigenvalue weighted by Gasteiger charge is -2.16. The van der Waals surface area contributed by atoms with Crippen LogP contribution in [0.3, 0.4) is 0 Å². The van der Waals surface area contributed by atoms with Crippen LogP contribution in [-0.2, 0) is 6.42 Å². The number of hydrogen-bond acceptors (Lipinski definition) is 3. The Morgan fingerprint density at radius 2 is 2.05 bits per heavy atom. The van der Waals surface area contributed by atoms with Gasteiger partial charge in [0.1, 0.15) is 0 Å². The fourth-order valence-corrected chi connectivity index (χ4v) is 3.58. The minimum Gasteiger partial charge on any atom is -0.357 e. The van der Waals surface area contributed by atoms with Crippen molar-refractivity contribution in [1.82, 2.24) is 15.6 Å². The Hall–Kier alpha value is -0.370. The molecule has 1 saturated carbocycles. The Kier molecular flexibility index (Phi) is 8.55. The summed E-state index contributed by atoms with van der Waals surface area (Å²) in [5.41, 5.74) is 1.16. The molecule has 21 heavy (non-hydrogen) atoms. The number of halogens is 1. The van der Waals surface area contributed by atoms with Crippen molar-refractivity contribution in [3.63, 3.8) is 0 Å². The maximum Gasteiger partial charge on any atom is 0.191 e. The zero-order valence-electron chi connectivity index (χ0n) is 13.2. The second-order valence-corrected chi connectivity index (χ2v) is 6.67. The molecule has 0 aliphatic heterocycles. The third kappa shape index (κ3) is 6.10. The summed E-state index contributed by atoms with van der Waals surface area (Å²) in [4.78, 5) is 10.5. The van der Waals surface area contributed by atoms with Crippen molar-refractivity contribution < 1.29 is 0 Å². The van der Waals surface area contributed by atoms with E-state index in [-0.39, 0.29) is 24.0 Å². The molecular formula is C15H27IN4S. The minimum absolute atomic E-state index is 0. The summed E-state index contributed by atoms with van der Waals surface area (Å²) in [5.74, 6) is 0.971. The van der Waals surface area contributed by atoms with Gasteiger partial charge in [-0.05, 0) is 33.6 Å². The quantitative estimate of drug-likeness (QED) is 0.435. The second-order valence-electron chi connectivity index (χ2n) is 5.38. The van der Waals surface area contributed by atoms with Crippen molar-refractivity contribution in [1.29, 1.82) is 0 Å². The lowest BCUT2D eigenvalue weighted by molar-refractivity contribution is 0.614. The number of nitrogens with one attached hydrogen (secondary N) is 2. The number of guanidine groups is 1. The summed E-state index contributed by atoms with van der Waals surface area (Å²) >= 11 is 1.79. The zero-order chi connectivity index (χ0) is 14.4. The smallest absolute Gasteiger partial charge is 0.191 e. The van der Waals surface area contributed by atoms with Gasteiger partial charge in [-0.1, -0.05) is 12.8 Å². The topological polar surface area (TPSA) is 49.3 Å². The lowest BCUT2D eigenvalue weighted by Crippen LogP contribution is -2.42. The maximum absolute atomic E-state index is 4.70. The van der Waals surface area contributed by atoms with Gasteiger partial charge in [0.15, 0.2) is 5.96 Å². The summed E-state index contributed by atoms with van der Waals surface area (Å²) in [5, 5.41) is 8.04. The molecule has 0 unspecified atom stereocenters. The molecule has 2 N–H and O–H groups in total. The fraction of sp³-hybridized carbons (Fsp3) is 0.733. The van der Waals surface area contributed by atoms with Crippen LogP contribution in [0.2, 0.25) is 0 Å². The third-order valence-corrected chi connectivity index (χ3v) is 4.78. The number of thiazole rings is 1. The van der Waals surface area contributed by atoms with Crippen LogP contribution in [0, 0.1) is 13.8 Å². The van der Waals surface area contributed by atoms with E-state index >= 15 is 0 Å². The Bertz CT molecular complexity index is 453. The first-order valence-corrected chi connectivity index (χ1v) is 8.48. The van der Waals surface area contributed by atoms with Crippen molar-refractivity contribution in [2.45, 2.75) is 58.9 Å². The van der Waals surface area contributed by atoms with Crippen molar-refractivity contribution in [2.24, 2.45) is 4.99 Å². The van der Waals surface area contributed by atoms with Crippen LogP contribution in [0.1, 0.15) is 48.2 Å². The monoisotopic (exact) mass is 422 g/mol. The molecule has 0 saturated heterocycles. The number of aliphatic imine (C=N–C) groups is 1. The highest BCUT2D eigenvalue weighted by atomic mass is 127. The zero-order valence-corrected chi connectivity index (χ0v) is 16.4. The van der Waals surface area contributed by atoms with E-state index in [1.807, 2.05) is 0 Å². The van der Waals surface area contributed by atoms with Crippen LogP contribution in [0.5, 0.6) is 0 Å². The van der Waals surface area contributed by atoms with Crippen molar-refractivity contribution in [3.05, 3.63) is 15.6 Å². The molecule has 120 valence electrons. The second kappa shape index (κ2) is 9.61. The Labute approximate surface area is 149 Å². The summed E-state index contributed by atoms with van der Waals surface area (Å²) in [7, 11) is 0. The van der Waals surface area contributed by atoms with E-state index in [1.54, 1.807) is 11.3 Å². The molecule has 1 aliphatic rings. The number of aryl methyl sites for hydroxylation is 2. The molecule has 1 aromatic heterocycles. The predicted molar refractivity (Wildman–Crippen MR) is 102 cm³/mol. The van der Waals surface area contributed by atoms with Crippen molar-refractivity contribution >= 4 is 41.3 Å². The van der Waals surface area contributed by atoms with E-state index in [9.17, 15) is 0 Å². The molecule has 1 aliphatic carbocycles. The van der Waals surface area contributed by atoms with Crippen LogP contribution in [0.4, 0.5) is 0 Å². The van der Waals surface area contributed by atoms with E-state index in [0.717, 1.165) is 36.2 Å². The Morgan fingerprint density at radius 3 is 2.62 bits per heavy atom. The molecule has 4 nitrogen and oxygen atoms in total. The van der Waals surface area contributed by atoms with Gasteiger partial charge < -0.3 is 10.6 Å². The van der Waals surface area contributed by atoms with Gasteiger partial charge in [-0.2, -0.15) is 0 Å².